The number of benzene rings is 1. The van der Waals surface area contributed by atoms with Crippen LogP contribution in [0.25, 0.3) is 0 Å². The molecule has 0 bridgehead atoms. The fourth-order valence-electron chi connectivity index (χ4n) is 1.34. The van der Waals surface area contributed by atoms with Gasteiger partial charge in [-0.15, -0.1) is 11.3 Å². The van der Waals surface area contributed by atoms with Crippen molar-refractivity contribution >= 4 is 17.6 Å². The van der Waals surface area contributed by atoms with Crippen molar-refractivity contribution in [3.63, 3.8) is 0 Å². The van der Waals surface area contributed by atoms with E-state index in [-0.39, 0.29) is 0 Å². The molecule has 0 saturated carbocycles. The highest BCUT2D eigenvalue weighted by Gasteiger charge is 2.06. The van der Waals surface area contributed by atoms with Crippen LogP contribution >= 0.6 is 11.3 Å². The summed E-state index contributed by atoms with van der Waals surface area (Å²) in [6, 6.07) is 5.05. The first-order valence-corrected chi connectivity index (χ1v) is 5.91. The monoisotopic (exact) mass is 249 g/mol. The van der Waals surface area contributed by atoms with Gasteiger partial charge >= 0.3 is 0 Å². The summed E-state index contributed by atoms with van der Waals surface area (Å²) in [5.41, 5.74) is 3.19. The van der Waals surface area contributed by atoms with E-state index in [2.05, 4.69) is 4.98 Å². The summed E-state index contributed by atoms with van der Waals surface area (Å²) in [7, 11) is 1.54. The van der Waals surface area contributed by atoms with Crippen LogP contribution in [0.1, 0.15) is 16.1 Å². The summed E-state index contributed by atoms with van der Waals surface area (Å²) in [4.78, 5) is 14.7. The molecule has 0 saturated heterocycles. The third-order valence-corrected chi connectivity index (χ3v) is 2.82. The maximum Gasteiger partial charge on any atom is 0.161 e. The second-order valence-electron chi connectivity index (χ2n) is 3.30. The highest BCUT2D eigenvalue weighted by molar-refractivity contribution is 7.07. The summed E-state index contributed by atoms with van der Waals surface area (Å²) in [6.07, 6.45) is 0.771. The van der Waals surface area contributed by atoms with Crippen molar-refractivity contribution in [3.8, 4) is 11.5 Å². The van der Waals surface area contributed by atoms with Crippen LogP contribution in [0.3, 0.4) is 0 Å². The number of hydrogen-bond acceptors (Lipinski definition) is 5. The molecule has 2 rings (SSSR count). The molecule has 0 fully saturated rings. The molecule has 0 aliphatic carbocycles. The molecule has 0 amide bonds. The first-order valence-electron chi connectivity index (χ1n) is 4.96. The lowest BCUT2D eigenvalue weighted by atomic mass is 10.2. The van der Waals surface area contributed by atoms with Crippen LogP contribution in [-0.4, -0.2) is 18.4 Å². The van der Waals surface area contributed by atoms with E-state index in [0.717, 1.165) is 12.0 Å². The molecule has 1 heterocycles. The van der Waals surface area contributed by atoms with Crippen LogP contribution in [0.5, 0.6) is 11.5 Å². The van der Waals surface area contributed by atoms with Crippen LogP contribution in [0.2, 0.25) is 0 Å². The summed E-state index contributed by atoms with van der Waals surface area (Å²) in [5, 5.41) is 1.92. The van der Waals surface area contributed by atoms with Crippen molar-refractivity contribution in [3.05, 3.63) is 40.3 Å². The fraction of sp³-hybridized carbons (Fsp3) is 0.167. The highest BCUT2D eigenvalue weighted by Crippen LogP contribution is 2.28. The Bertz CT molecular complexity index is 496. The lowest BCUT2D eigenvalue weighted by molar-refractivity contribution is 0.112. The Labute approximate surface area is 103 Å². The third kappa shape index (κ3) is 2.82. The molecule has 0 spiro atoms. The Morgan fingerprint density at radius 2 is 2.29 bits per heavy atom. The molecular weight excluding hydrogens is 238 g/mol. The molecule has 4 nitrogen and oxygen atoms in total. The van der Waals surface area contributed by atoms with Gasteiger partial charge in [-0.2, -0.15) is 0 Å². The van der Waals surface area contributed by atoms with Crippen LogP contribution in [0.4, 0.5) is 0 Å². The van der Waals surface area contributed by atoms with Gasteiger partial charge in [0.25, 0.3) is 0 Å². The number of aldehydes is 1. The van der Waals surface area contributed by atoms with E-state index in [1.807, 2.05) is 5.38 Å². The van der Waals surface area contributed by atoms with Gasteiger partial charge < -0.3 is 9.47 Å². The molecular formula is C12H11NO3S. The lowest BCUT2D eigenvalue weighted by Gasteiger charge is -2.09. The molecule has 1 aromatic carbocycles. The SMILES string of the molecule is COc1cc(C=O)ccc1OCc1cscn1. The molecule has 0 unspecified atom stereocenters. The molecule has 0 aliphatic heterocycles. The van der Waals surface area contributed by atoms with Gasteiger partial charge in [-0.05, 0) is 18.2 Å². The van der Waals surface area contributed by atoms with E-state index in [1.54, 1.807) is 30.8 Å². The van der Waals surface area contributed by atoms with Crippen molar-refractivity contribution in [1.82, 2.24) is 4.98 Å². The molecule has 2 aromatic rings. The average Bonchev–Trinajstić information content (AvgIpc) is 2.89. The Kier molecular flexibility index (Phi) is 3.72. The molecule has 0 N–H and O–H groups in total. The summed E-state index contributed by atoms with van der Waals surface area (Å²) in [5.74, 6) is 1.15. The zero-order valence-electron chi connectivity index (χ0n) is 9.25. The van der Waals surface area contributed by atoms with Gasteiger partial charge in [0, 0.05) is 10.9 Å². The topological polar surface area (TPSA) is 48.4 Å². The van der Waals surface area contributed by atoms with Crippen molar-refractivity contribution in [2.24, 2.45) is 0 Å². The predicted molar refractivity (Wildman–Crippen MR) is 64.8 cm³/mol. The Morgan fingerprint density at radius 3 is 2.94 bits per heavy atom. The molecule has 0 radical (unpaired) electrons. The van der Waals surface area contributed by atoms with Gasteiger partial charge in [0.2, 0.25) is 0 Å². The molecule has 88 valence electrons. The largest absolute Gasteiger partial charge is 0.493 e. The smallest absolute Gasteiger partial charge is 0.161 e. The Morgan fingerprint density at radius 1 is 1.41 bits per heavy atom. The minimum absolute atomic E-state index is 0.389. The second-order valence-corrected chi connectivity index (χ2v) is 4.02. The normalized spacial score (nSPS) is 9.94. The van der Waals surface area contributed by atoms with Crippen LogP contribution in [0, 0.1) is 0 Å². The molecule has 0 atom stereocenters. The standard InChI is InChI=1S/C12H11NO3S/c1-15-12-4-9(5-14)2-3-11(12)16-6-10-7-17-8-13-10/h2-5,7-8H,6H2,1H3. The van der Waals surface area contributed by atoms with E-state index in [9.17, 15) is 4.79 Å². The molecule has 5 heteroatoms. The minimum Gasteiger partial charge on any atom is -0.493 e. The first-order chi connectivity index (χ1) is 8.33. The summed E-state index contributed by atoms with van der Waals surface area (Å²) >= 11 is 1.52. The van der Waals surface area contributed by atoms with Crippen LogP contribution in [0.15, 0.2) is 29.1 Å². The Balaban J connectivity index is 2.12. The number of carbonyl (C=O) groups is 1. The van der Waals surface area contributed by atoms with Gasteiger partial charge in [-0.3, -0.25) is 4.79 Å². The average molecular weight is 249 g/mol. The minimum atomic E-state index is 0.389. The highest BCUT2D eigenvalue weighted by atomic mass is 32.1. The van der Waals surface area contributed by atoms with Gasteiger partial charge in [-0.25, -0.2) is 4.98 Å². The third-order valence-electron chi connectivity index (χ3n) is 2.18. The van der Waals surface area contributed by atoms with Crippen molar-refractivity contribution < 1.29 is 14.3 Å². The van der Waals surface area contributed by atoms with Gasteiger partial charge in [-0.1, -0.05) is 0 Å². The Hall–Kier alpha value is -1.88. The summed E-state index contributed by atoms with van der Waals surface area (Å²) < 4.78 is 10.7. The number of rotatable bonds is 5. The van der Waals surface area contributed by atoms with E-state index >= 15 is 0 Å². The van der Waals surface area contributed by atoms with Gasteiger partial charge in [0.05, 0.1) is 18.3 Å². The quantitative estimate of drug-likeness (QED) is 0.764. The number of thiazole rings is 1. The zero-order chi connectivity index (χ0) is 12.1. The zero-order valence-corrected chi connectivity index (χ0v) is 10.1. The van der Waals surface area contributed by atoms with Gasteiger partial charge in [0.1, 0.15) is 12.9 Å². The van der Waals surface area contributed by atoms with Crippen LogP contribution < -0.4 is 9.47 Å². The number of nitrogens with zero attached hydrogens (tertiary/aromatic N) is 1. The van der Waals surface area contributed by atoms with Crippen molar-refractivity contribution in [1.29, 1.82) is 0 Å². The molecule has 17 heavy (non-hydrogen) atoms. The number of ether oxygens (including phenoxy) is 2. The van der Waals surface area contributed by atoms with Crippen molar-refractivity contribution in [2.75, 3.05) is 7.11 Å². The fourth-order valence-corrected chi connectivity index (χ4v) is 1.88. The van der Waals surface area contributed by atoms with Crippen LogP contribution in [-0.2, 0) is 6.61 Å². The van der Waals surface area contributed by atoms with E-state index in [0.29, 0.717) is 23.7 Å². The van der Waals surface area contributed by atoms with Gasteiger partial charge in [0.15, 0.2) is 11.5 Å². The maximum absolute atomic E-state index is 10.6. The van der Waals surface area contributed by atoms with Crippen molar-refractivity contribution in [2.45, 2.75) is 6.61 Å². The predicted octanol–water partition coefficient (Wildman–Crippen LogP) is 2.54. The van der Waals surface area contributed by atoms with E-state index in [4.69, 9.17) is 9.47 Å². The second kappa shape index (κ2) is 5.45. The number of aromatic nitrogens is 1. The molecule has 1 aromatic heterocycles. The molecule has 0 aliphatic rings. The summed E-state index contributed by atoms with van der Waals surface area (Å²) in [6.45, 7) is 0.389. The number of hydrogen-bond donors (Lipinski definition) is 0. The van der Waals surface area contributed by atoms with E-state index < -0.39 is 0 Å². The number of methoxy groups -OCH3 is 1. The first kappa shape index (κ1) is 11.6. The number of carbonyl (C=O) groups excluding carboxylic acids is 1. The van der Waals surface area contributed by atoms with E-state index in [1.165, 1.54) is 11.3 Å². The maximum atomic E-state index is 10.6. The lowest BCUT2D eigenvalue weighted by Crippen LogP contribution is -1.98.